The van der Waals surface area contributed by atoms with Crippen LogP contribution in [-0.2, 0) is 9.63 Å². The van der Waals surface area contributed by atoms with E-state index in [1.54, 1.807) is 24.5 Å². The molecule has 1 aromatic rings. The van der Waals surface area contributed by atoms with E-state index in [2.05, 4.69) is 15.0 Å². The Morgan fingerprint density at radius 1 is 1.69 bits per heavy atom. The number of nitrogens with two attached hydrogens (primary N) is 1. The molecule has 0 atom stereocenters. The van der Waals surface area contributed by atoms with Crippen molar-refractivity contribution in [2.45, 2.75) is 0 Å². The van der Waals surface area contributed by atoms with Gasteiger partial charge in [-0.1, -0.05) is 11.2 Å². The van der Waals surface area contributed by atoms with Gasteiger partial charge in [-0.25, -0.2) is 4.98 Å². The number of nitrogen functional groups attached to an aromatic ring is 1. The molecule has 5 nitrogen and oxygen atoms in total. The first kappa shape index (κ1) is 9.18. The summed E-state index contributed by atoms with van der Waals surface area (Å²) in [5.74, 6) is 0.316. The van der Waals surface area contributed by atoms with Crippen LogP contribution in [0.4, 0.5) is 5.82 Å². The van der Waals surface area contributed by atoms with Gasteiger partial charge in [-0.2, -0.15) is 0 Å². The van der Waals surface area contributed by atoms with E-state index in [4.69, 9.17) is 5.73 Å². The maximum Gasteiger partial charge on any atom is 0.259 e. The van der Waals surface area contributed by atoms with Crippen LogP contribution in [0.5, 0.6) is 0 Å². The van der Waals surface area contributed by atoms with Crippen LogP contribution in [0.25, 0.3) is 0 Å². The van der Waals surface area contributed by atoms with Crippen LogP contribution in [0, 0.1) is 0 Å². The predicted molar refractivity (Wildman–Crippen MR) is 47.9 cm³/mol. The Balaban J connectivity index is 3.05. The lowest BCUT2D eigenvalue weighted by Gasteiger charge is -1.97. The summed E-state index contributed by atoms with van der Waals surface area (Å²) in [5.41, 5.74) is 5.75. The molecular formula is C8H8N3O2. The Bertz CT molecular complexity index is 336. The highest BCUT2D eigenvalue weighted by molar-refractivity contribution is 6.35. The quantitative estimate of drug-likeness (QED) is 0.527. The molecule has 67 valence electrons. The fraction of sp³-hybridized carbons (Fsp3) is 0.125. The van der Waals surface area contributed by atoms with E-state index in [-0.39, 0.29) is 5.71 Å². The van der Waals surface area contributed by atoms with Gasteiger partial charge >= 0.3 is 0 Å². The Morgan fingerprint density at radius 3 is 3.00 bits per heavy atom. The molecule has 0 spiro atoms. The molecule has 5 heteroatoms. The van der Waals surface area contributed by atoms with Crippen LogP contribution in [0.15, 0.2) is 23.4 Å². The van der Waals surface area contributed by atoms with Gasteiger partial charge in [0.15, 0.2) is 5.71 Å². The van der Waals surface area contributed by atoms with Crippen molar-refractivity contribution >= 4 is 17.8 Å². The molecule has 0 amide bonds. The monoisotopic (exact) mass is 178 g/mol. The van der Waals surface area contributed by atoms with Crippen molar-refractivity contribution in [2.75, 3.05) is 12.8 Å². The maximum absolute atomic E-state index is 10.4. The number of pyridine rings is 1. The summed E-state index contributed by atoms with van der Waals surface area (Å²) in [6.45, 7) is 0. The molecule has 1 heterocycles. The minimum absolute atomic E-state index is 0.00481. The second kappa shape index (κ2) is 4.20. The maximum atomic E-state index is 10.4. The summed E-state index contributed by atoms with van der Waals surface area (Å²) >= 11 is 0. The van der Waals surface area contributed by atoms with Crippen LogP contribution < -0.4 is 5.73 Å². The molecule has 0 aliphatic rings. The van der Waals surface area contributed by atoms with Gasteiger partial charge in [0, 0.05) is 0 Å². The molecule has 1 aromatic heterocycles. The van der Waals surface area contributed by atoms with Crippen LogP contribution in [0.2, 0.25) is 0 Å². The SMILES string of the molecule is CON=C([C]=O)c1cccc(N)n1. The zero-order valence-corrected chi connectivity index (χ0v) is 7.02. The van der Waals surface area contributed by atoms with Crippen LogP contribution in [-0.4, -0.2) is 24.1 Å². The summed E-state index contributed by atoms with van der Waals surface area (Å²) in [4.78, 5) is 18.7. The zero-order chi connectivity index (χ0) is 9.68. The molecule has 13 heavy (non-hydrogen) atoms. The van der Waals surface area contributed by atoms with Crippen molar-refractivity contribution in [3.05, 3.63) is 23.9 Å². The van der Waals surface area contributed by atoms with Gasteiger partial charge in [0.2, 0.25) is 0 Å². The second-order valence-corrected chi connectivity index (χ2v) is 2.17. The highest BCUT2D eigenvalue weighted by Gasteiger charge is 2.05. The standard InChI is InChI=1S/C8H8N3O2/c1-13-11-7(5-12)6-3-2-4-8(9)10-6/h2-4H,1H3,(H2,9,10). The van der Waals surface area contributed by atoms with Gasteiger partial charge in [-0.3, -0.25) is 4.79 Å². The molecular weight excluding hydrogens is 170 g/mol. The molecule has 0 fully saturated rings. The lowest BCUT2D eigenvalue weighted by Crippen LogP contribution is -2.06. The molecule has 0 bridgehead atoms. The third kappa shape index (κ3) is 2.26. The Labute approximate surface area is 75.2 Å². The minimum atomic E-state index is -0.00481. The lowest BCUT2D eigenvalue weighted by molar-refractivity contribution is 0.214. The van der Waals surface area contributed by atoms with Crippen molar-refractivity contribution in [3.63, 3.8) is 0 Å². The number of carbonyl (C=O) groups excluding carboxylic acids is 1. The van der Waals surface area contributed by atoms with Gasteiger partial charge in [-0.15, -0.1) is 0 Å². The lowest BCUT2D eigenvalue weighted by atomic mass is 10.2. The van der Waals surface area contributed by atoms with Crippen LogP contribution >= 0.6 is 0 Å². The van der Waals surface area contributed by atoms with Crippen molar-refractivity contribution in [1.29, 1.82) is 0 Å². The molecule has 0 aliphatic heterocycles. The van der Waals surface area contributed by atoms with Gasteiger partial charge in [0.25, 0.3) is 6.29 Å². The molecule has 1 rings (SSSR count). The molecule has 0 unspecified atom stereocenters. The van der Waals surface area contributed by atoms with E-state index in [1.165, 1.54) is 7.11 Å². The third-order valence-electron chi connectivity index (χ3n) is 1.29. The highest BCUT2D eigenvalue weighted by atomic mass is 16.6. The van der Waals surface area contributed by atoms with Crippen LogP contribution in [0.1, 0.15) is 5.69 Å². The molecule has 0 aliphatic carbocycles. The number of aromatic nitrogens is 1. The Hall–Kier alpha value is -1.91. The summed E-state index contributed by atoms with van der Waals surface area (Å²) in [6, 6.07) is 4.87. The van der Waals surface area contributed by atoms with Crippen LogP contribution in [0.3, 0.4) is 0 Å². The van der Waals surface area contributed by atoms with Crippen molar-refractivity contribution in [2.24, 2.45) is 5.16 Å². The number of oxime groups is 1. The van der Waals surface area contributed by atoms with Crippen molar-refractivity contribution in [1.82, 2.24) is 4.98 Å². The van der Waals surface area contributed by atoms with Crippen molar-refractivity contribution in [3.8, 4) is 0 Å². The third-order valence-corrected chi connectivity index (χ3v) is 1.29. The smallest absolute Gasteiger partial charge is 0.259 e. The average molecular weight is 178 g/mol. The number of nitrogens with zero attached hydrogens (tertiary/aromatic N) is 2. The first-order valence-electron chi connectivity index (χ1n) is 3.50. The Morgan fingerprint density at radius 2 is 2.46 bits per heavy atom. The largest absolute Gasteiger partial charge is 0.398 e. The fourth-order valence-corrected chi connectivity index (χ4v) is 0.792. The number of hydrogen-bond acceptors (Lipinski definition) is 5. The van der Waals surface area contributed by atoms with E-state index in [9.17, 15) is 4.79 Å². The number of anilines is 1. The summed E-state index contributed by atoms with van der Waals surface area (Å²) in [5, 5.41) is 3.43. The minimum Gasteiger partial charge on any atom is -0.398 e. The van der Waals surface area contributed by atoms with Crippen molar-refractivity contribution < 1.29 is 9.63 Å². The number of rotatable bonds is 3. The number of hydrogen-bond donors (Lipinski definition) is 1. The zero-order valence-electron chi connectivity index (χ0n) is 7.02. The molecule has 0 saturated heterocycles. The first-order chi connectivity index (χ1) is 6.27. The topological polar surface area (TPSA) is 77.6 Å². The summed E-state index contributed by atoms with van der Waals surface area (Å²) in [7, 11) is 1.34. The molecule has 2 N–H and O–H groups in total. The molecule has 1 radical (unpaired) electrons. The predicted octanol–water partition coefficient (Wildman–Crippen LogP) is 0.124. The van der Waals surface area contributed by atoms with Gasteiger partial charge in [-0.05, 0) is 12.1 Å². The molecule has 0 aromatic carbocycles. The molecule has 0 saturated carbocycles. The second-order valence-electron chi connectivity index (χ2n) is 2.17. The van der Waals surface area contributed by atoms with E-state index in [0.717, 1.165) is 0 Å². The van der Waals surface area contributed by atoms with Gasteiger partial charge in [0.05, 0.1) is 5.69 Å². The van der Waals surface area contributed by atoms with E-state index in [0.29, 0.717) is 11.5 Å². The highest BCUT2D eigenvalue weighted by Crippen LogP contribution is 2.01. The van der Waals surface area contributed by atoms with E-state index >= 15 is 0 Å². The Kier molecular flexibility index (Phi) is 2.97. The van der Waals surface area contributed by atoms with E-state index < -0.39 is 0 Å². The normalized spacial score (nSPS) is 11.0. The fourth-order valence-electron chi connectivity index (χ4n) is 0.792. The summed E-state index contributed by atoms with van der Waals surface area (Å²) < 4.78 is 0. The summed E-state index contributed by atoms with van der Waals surface area (Å²) in [6.07, 6.45) is 1.60. The van der Waals surface area contributed by atoms with E-state index in [1.807, 2.05) is 0 Å². The van der Waals surface area contributed by atoms with Gasteiger partial charge < -0.3 is 10.6 Å². The first-order valence-corrected chi connectivity index (χ1v) is 3.50. The van der Waals surface area contributed by atoms with Gasteiger partial charge in [0.1, 0.15) is 12.9 Å². The average Bonchev–Trinajstić information content (AvgIpc) is 2.14.